The van der Waals surface area contributed by atoms with Gasteiger partial charge in [0.2, 0.25) is 0 Å². The van der Waals surface area contributed by atoms with Crippen molar-refractivity contribution in [3.63, 3.8) is 0 Å². The van der Waals surface area contributed by atoms with E-state index >= 15 is 0 Å². The zero-order valence-electron chi connectivity index (χ0n) is 17.0. The third-order valence-electron chi connectivity index (χ3n) is 3.37. The number of allylic oxidation sites excluding steroid dienone is 7. The van der Waals surface area contributed by atoms with Crippen LogP contribution in [0.25, 0.3) is 0 Å². The number of rotatable bonds is 10. The molecular formula is C21H32FNO3S. The highest BCUT2D eigenvalue weighted by Gasteiger charge is 2.15. The lowest BCUT2D eigenvalue weighted by Crippen LogP contribution is -2.05. The van der Waals surface area contributed by atoms with E-state index in [2.05, 4.69) is 6.92 Å². The summed E-state index contributed by atoms with van der Waals surface area (Å²) in [6.45, 7) is 11.0. The van der Waals surface area contributed by atoms with Crippen LogP contribution in [0.5, 0.6) is 0 Å². The van der Waals surface area contributed by atoms with Crippen molar-refractivity contribution in [1.29, 1.82) is 5.41 Å². The average Bonchev–Trinajstić information content (AvgIpc) is 2.84. The standard InChI is InChI=1S/C19H26FNO3S.C2H6/c1-4-5-10-23-11-12-24-13-14(2)25-19(21)16-6-8-17(15(3)22)18(20)9-7-16;1-2/h6-9,13,16,21H,4-5,10-12H2,1-3H3;1-2H3/b14-13+,21-19?;. The SMILES string of the molecule is CC.CCCCOCCO/C=C(\C)SC(=N)C1C=CC(F)=C(C(C)=O)C=C1. The molecule has 1 rings (SSSR count). The van der Waals surface area contributed by atoms with Crippen LogP contribution in [0, 0.1) is 11.3 Å². The molecule has 0 aromatic carbocycles. The minimum absolute atomic E-state index is 0.0372. The fourth-order valence-corrected chi connectivity index (χ4v) is 2.74. The van der Waals surface area contributed by atoms with Crippen LogP contribution in [0.15, 0.2) is 46.9 Å². The molecule has 0 fully saturated rings. The molecule has 1 N–H and O–H groups in total. The minimum Gasteiger partial charge on any atom is -0.498 e. The molecule has 1 aliphatic rings. The Balaban J connectivity index is 0.00000326. The molecule has 0 bridgehead atoms. The fourth-order valence-electron chi connectivity index (χ4n) is 1.98. The number of halogens is 1. The van der Waals surface area contributed by atoms with Crippen molar-refractivity contribution in [2.45, 2.75) is 47.5 Å². The molecule has 0 saturated heterocycles. The molecule has 1 aliphatic carbocycles. The van der Waals surface area contributed by atoms with E-state index in [4.69, 9.17) is 14.9 Å². The Bertz CT molecular complexity index is 594. The number of Topliss-reactive ketones (excluding diaryl/α,β-unsaturated/α-hetero) is 1. The number of hydrogen-bond acceptors (Lipinski definition) is 5. The molecule has 0 radical (unpaired) electrons. The Labute approximate surface area is 167 Å². The molecule has 0 aromatic rings. The summed E-state index contributed by atoms with van der Waals surface area (Å²) in [6.07, 6.45) is 9.69. The molecule has 1 atom stereocenters. The summed E-state index contributed by atoms with van der Waals surface area (Å²) in [7, 11) is 0. The second-order valence-electron chi connectivity index (χ2n) is 5.59. The first kappa shape index (κ1) is 25.3. The smallest absolute Gasteiger partial charge is 0.162 e. The van der Waals surface area contributed by atoms with E-state index in [0.29, 0.717) is 18.3 Å². The molecule has 0 amide bonds. The van der Waals surface area contributed by atoms with Crippen LogP contribution in [0.1, 0.15) is 47.5 Å². The molecule has 27 heavy (non-hydrogen) atoms. The van der Waals surface area contributed by atoms with Crippen molar-refractivity contribution >= 4 is 22.6 Å². The first-order valence-electron chi connectivity index (χ1n) is 9.35. The maximum atomic E-state index is 13.8. The predicted octanol–water partition coefficient (Wildman–Crippen LogP) is 5.97. The molecule has 0 aliphatic heterocycles. The van der Waals surface area contributed by atoms with Crippen LogP contribution in [0.2, 0.25) is 0 Å². The summed E-state index contributed by atoms with van der Waals surface area (Å²) in [5.41, 5.74) is 0.0372. The zero-order chi connectivity index (χ0) is 20.7. The number of carbonyl (C=O) groups excluding carboxylic acids is 1. The Hall–Kier alpha value is -1.66. The number of unbranched alkanes of at least 4 members (excludes halogenated alkanes) is 1. The van der Waals surface area contributed by atoms with Crippen LogP contribution in [0.4, 0.5) is 4.39 Å². The van der Waals surface area contributed by atoms with Gasteiger partial charge in [-0.15, -0.1) is 0 Å². The third kappa shape index (κ3) is 10.9. The first-order chi connectivity index (χ1) is 13.0. The zero-order valence-corrected chi connectivity index (χ0v) is 17.8. The van der Waals surface area contributed by atoms with Gasteiger partial charge in [-0.05, 0) is 26.3 Å². The number of thioether (sulfide) groups is 1. The number of hydrogen-bond donors (Lipinski definition) is 1. The van der Waals surface area contributed by atoms with Gasteiger partial charge in [-0.25, -0.2) is 4.39 Å². The number of ketones is 1. The lowest BCUT2D eigenvalue weighted by molar-refractivity contribution is -0.113. The van der Waals surface area contributed by atoms with Gasteiger partial charge in [0.15, 0.2) is 5.78 Å². The van der Waals surface area contributed by atoms with E-state index in [-0.39, 0.29) is 17.3 Å². The van der Waals surface area contributed by atoms with Gasteiger partial charge in [-0.2, -0.15) is 0 Å². The van der Waals surface area contributed by atoms with Gasteiger partial charge >= 0.3 is 0 Å². The maximum absolute atomic E-state index is 13.8. The van der Waals surface area contributed by atoms with Gasteiger partial charge in [0.1, 0.15) is 12.4 Å². The molecular weight excluding hydrogens is 365 g/mol. The first-order valence-corrected chi connectivity index (χ1v) is 10.2. The second-order valence-corrected chi connectivity index (χ2v) is 6.88. The van der Waals surface area contributed by atoms with Crippen molar-refractivity contribution in [1.82, 2.24) is 0 Å². The highest BCUT2D eigenvalue weighted by atomic mass is 32.2. The van der Waals surface area contributed by atoms with Crippen molar-refractivity contribution in [2.24, 2.45) is 5.92 Å². The van der Waals surface area contributed by atoms with Gasteiger partial charge in [0.05, 0.1) is 23.5 Å². The van der Waals surface area contributed by atoms with Crippen molar-refractivity contribution in [3.8, 4) is 0 Å². The van der Waals surface area contributed by atoms with Gasteiger partial charge < -0.3 is 9.47 Å². The van der Waals surface area contributed by atoms with Gasteiger partial charge in [-0.3, -0.25) is 10.2 Å². The molecule has 6 heteroatoms. The molecule has 0 saturated carbocycles. The molecule has 0 aromatic heterocycles. The van der Waals surface area contributed by atoms with E-state index in [1.807, 2.05) is 20.8 Å². The Morgan fingerprint density at radius 3 is 2.52 bits per heavy atom. The summed E-state index contributed by atoms with van der Waals surface area (Å²) in [5.74, 6) is -1.26. The van der Waals surface area contributed by atoms with Crippen LogP contribution in [-0.4, -0.2) is 30.6 Å². The summed E-state index contributed by atoms with van der Waals surface area (Å²) in [4.78, 5) is 12.2. The van der Waals surface area contributed by atoms with Crippen molar-refractivity contribution in [2.75, 3.05) is 19.8 Å². The average molecular weight is 398 g/mol. The van der Waals surface area contributed by atoms with Crippen molar-refractivity contribution < 1.29 is 18.7 Å². The predicted molar refractivity (Wildman–Crippen MR) is 113 cm³/mol. The number of carbonyl (C=O) groups is 1. The van der Waals surface area contributed by atoms with E-state index in [1.165, 1.54) is 30.8 Å². The van der Waals surface area contributed by atoms with E-state index in [0.717, 1.165) is 24.4 Å². The normalized spacial score (nSPS) is 16.5. The van der Waals surface area contributed by atoms with Gasteiger partial charge in [0.25, 0.3) is 0 Å². The minimum atomic E-state index is -0.567. The van der Waals surface area contributed by atoms with Crippen LogP contribution in [0.3, 0.4) is 0 Å². The van der Waals surface area contributed by atoms with Crippen molar-refractivity contribution in [3.05, 3.63) is 46.9 Å². The summed E-state index contributed by atoms with van der Waals surface area (Å²) in [5, 5.41) is 8.49. The van der Waals surface area contributed by atoms with E-state index < -0.39 is 5.83 Å². The van der Waals surface area contributed by atoms with E-state index in [1.54, 1.807) is 18.4 Å². The van der Waals surface area contributed by atoms with Crippen LogP contribution >= 0.6 is 11.8 Å². The molecule has 4 nitrogen and oxygen atoms in total. The molecule has 1 unspecified atom stereocenters. The largest absolute Gasteiger partial charge is 0.498 e. The Kier molecular flexibility index (Phi) is 14.5. The Morgan fingerprint density at radius 1 is 1.22 bits per heavy atom. The fraction of sp³-hybridized carbons (Fsp3) is 0.524. The number of nitrogens with one attached hydrogen (secondary N) is 1. The molecule has 0 heterocycles. The van der Waals surface area contributed by atoms with Crippen LogP contribution in [-0.2, 0) is 14.3 Å². The van der Waals surface area contributed by atoms with Gasteiger partial charge in [-0.1, -0.05) is 57.2 Å². The summed E-state index contributed by atoms with van der Waals surface area (Å²) >= 11 is 1.25. The maximum Gasteiger partial charge on any atom is 0.162 e. The van der Waals surface area contributed by atoms with Gasteiger partial charge in [0, 0.05) is 17.4 Å². The second kappa shape index (κ2) is 15.4. The lowest BCUT2D eigenvalue weighted by atomic mass is 10.1. The lowest BCUT2D eigenvalue weighted by Gasteiger charge is -2.09. The quantitative estimate of drug-likeness (QED) is 0.213. The summed E-state index contributed by atoms with van der Waals surface area (Å²) < 4.78 is 24.6. The highest BCUT2D eigenvalue weighted by Crippen LogP contribution is 2.26. The molecule has 152 valence electrons. The van der Waals surface area contributed by atoms with E-state index in [9.17, 15) is 9.18 Å². The monoisotopic (exact) mass is 397 g/mol. The topological polar surface area (TPSA) is 59.4 Å². The van der Waals surface area contributed by atoms with Crippen LogP contribution < -0.4 is 0 Å². The molecule has 0 spiro atoms. The Morgan fingerprint density at radius 2 is 1.89 bits per heavy atom. The summed E-state index contributed by atoms with van der Waals surface area (Å²) in [6, 6.07) is 0. The highest BCUT2D eigenvalue weighted by molar-refractivity contribution is 8.17. The number of ether oxygens (including phenoxy) is 2. The third-order valence-corrected chi connectivity index (χ3v) is 4.28.